The lowest BCUT2D eigenvalue weighted by Gasteiger charge is -2.02. The number of fused-ring (bicyclic) bond motifs is 1. The summed E-state index contributed by atoms with van der Waals surface area (Å²) < 4.78 is 38.2. The molecule has 0 aliphatic rings. The van der Waals surface area contributed by atoms with E-state index in [1.807, 2.05) is 0 Å². The molecule has 0 atom stereocenters. The highest BCUT2D eigenvalue weighted by Crippen LogP contribution is 2.34. The third-order valence-electron chi connectivity index (χ3n) is 1.79. The van der Waals surface area contributed by atoms with E-state index < -0.39 is 11.9 Å². The molecule has 1 N–H and O–H groups in total. The molecule has 0 amide bonds. The smallest absolute Gasteiger partial charge is 0.371 e. The number of thiazole rings is 1. The number of rotatable bonds is 1. The molecule has 0 aliphatic carbocycles. The molecule has 0 unspecified atom stereocenters. The molecular formula is C7H6F3N3S. The van der Waals surface area contributed by atoms with Crippen LogP contribution in [0.5, 0.6) is 0 Å². The highest BCUT2D eigenvalue weighted by molar-refractivity contribution is 7.16. The summed E-state index contributed by atoms with van der Waals surface area (Å²) in [6.07, 6.45) is -3.16. The zero-order chi connectivity index (χ0) is 10.3. The van der Waals surface area contributed by atoms with Gasteiger partial charge in [0.15, 0.2) is 5.82 Å². The average molecular weight is 221 g/mol. The molecule has 0 aromatic carbocycles. The van der Waals surface area contributed by atoms with Crippen LogP contribution in [-0.4, -0.2) is 16.4 Å². The molecule has 2 aromatic heterocycles. The van der Waals surface area contributed by atoms with Crippen molar-refractivity contribution >= 4 is 22.0 Å². The monoisotopic (exact) mass is 221 g/mol. The van der Waals surface area contributed by atoms with E-state index in [2.05, 4.69) is 10.3 Å². The molecule has 0 bridgehead atoms. The quantitative estimate of drug-likeness (QED) is 0.801. The molecule has 2 rings (SSSR count). The second-order valence-electron chi connectivity index (χ2n) is 2.64. The molecule has 2 heterocycles. The van der Waals surface area contributed by atoms with Gasteiger partial charge in [-0.25, -0.2) is 4.98 Å². The van der Waals surface area contributed by atoms with Gasteiger partial charge in [0.2, 0.25) is 0 Å². The molecule has 0 spiro atoms. The Morgan fingerprint density at radius 1 is 1.50 bits per heavy atom. The lowest BCUT2D eigenvalue weighted by molar-refractivity contribution is -0.141. The molecule has 0 fully saturated rings. The summed E-state index contributed by atoms with van der Waals surface area (Å²) in [4.78, 5) is 4.28. The molecule has 76 valence electrons. The standard InChI is InChI=1S/C7H6F3N3S/c1-11-5-6-13(3-12-5)4(2-14-6)7(8,9)10/h2-3,11H,1H3. The molecule has 7 heteroatoms. The molecule has 14 heavy (non-hydrogen) atoms. The van der Waals surface area contributed by atoms with Crippen molar-refractivity contribution in [2.75, 3.05) is 12.4 Å². The molecular weight excluding hydrogens is 215 g/mol. The van der Waals surface area contributed by atoms with E-state index in [9.17, 15) is 13.2 Å². The van der Waals surface area contributed by atoms with E-state index in [-0.39, 0.29) is 0 Å². The highest BCUT2D eigenvalue weighted by Gasteiger charge is 2.34. The van der Waals surface area contributed by atoms with E-state index in [4.69, 9.17) is 0 Å². The summed E-state index contributed by atoms with van der Waals surface area (Å²) in [7, 11) is 1.62. The Bertz CT molecular complexity index is 456. The number of hydrogen-bond acceptors (Lipinski definition) is 3. The minimum absolute atomic E-state index is 0.463. The van der Waals surface area contributed by atoms with Crippen LogP contribution < -0.4 is 5.32 Å². The second kappa shape index (κ2) is 2.88. The summed E-state index contributed by atoms with van der Waals surface area (Å²) >= 11 is 1.02. The third-order valence-corrected chi connectivity index (χ3v) is 2.75. The average Bonchev–Trinajstić information content (AvgIpc) is 2.59. The molecule has 3 nitrogen and oxygen atoms in total. The first kappa shape index (κ1) is 9.32. The fourth-order valence-electron chi connectivity index (χ4n) is 1.16. The van der Waals surface area contributed by atoms with Crippen molar-refractivity contribution < 1.29 is 13.2 Å². The number of aromatic nitrogens is 2. The van der Waals surface area contributed by atoms with Gasteiger partial charge >= 0.3 is 6.18 Å². The first-order chi connectivity index (χ1) is 6.54. The zero-order valence-electron chi connectivity index (χ0n) is 7.09. The van der Waals surface area contributed by atoms with Crippen LogP contribution in [-0.2, 0) is 6.18 Å². The van der Waals surface area contributed by atoms with Crippen molar-refractivity contribution in [3.63, 3.8) is 0 Å². The van der Waals surface area contributed by atoms with Gasteiger partial charge in [-0.1, -0.05) is 0 Å². The Kier molecular flexibility index (Phi) is 1.91. The Balaban J connectivity index is 2.65. The van der Waals surface area contributed by atoms with Crippen LogP contribution in [0.4, 0.5) is 19.0 Å². The lowest BCUT2D eigenvalue weighted by atomic mass is 10.5. The van der Waals surface area contributed by atoms with Crippen molar-refractivity contribution in [2.24, 2.45) is 0 Å². The van der Waals surface area contributed by atoms with Gasteiger partial charge in [-0.05, 0) is 0 Å². The summed E-state index contributed by atoms with van der Waals surface area (Å²) in [6, 6.07) is 0. The molecule has 2 aromatic rings. The second-order valence-corrected chi connectivity index (χ2v) is 3.50. The van der Waals surface area contributed by atoms with Crippen LogP contribution in [0.3, 0.4) is 0 Å². The van der Waals surface area contributed by atoms with Crippen LogP contribution in [0.15, 0.2) is 11.7 Å². The SMILES string of the molecule is CNc1ncn2c(C(F)(F)F)csc12. The normalized spacial score (nSPS) is 12.3. The summed E-state index contributed by atoms with van der Waals surface area (Å²) in [6.45, 7) is 0. The number of nitrogens with zero attached hydrogens (tertiary/aromatic N) is 2. The number of nitrogens with one attached hydrogen (secondary N) is 1. The van der Waals surface area contributed by atoms with Gasteiger partial charge in [-0.3, -0.25) is 4.40 Å². The lowest BCUT2D eigenvalue weighted by Crippen LogP contribution is -2.07. The van der Waals surface area contributed by atoms with Crippen LogP contribution in [0.25, 0.3) is 4.83 Å². The Morgan fingerprint density at radius 2 is 2.21 bits per heavy atom. The van der Waals surface area contributed by atoms with Crippen LogP contribution >= 0.6 is 11.3 Å². The van der Waals surface area contributed by atoms with Gasteiger partial charge in [-0.15, -0.1) is 11.3 Å². The van der Waals surface area contributed by atoms with E-state index >= 15 is 0 Å². The highest BCUT2D eigenvalue weighted by atomic mass is 32.1. The fraction of sp³-hybridized carbons (Fsp3) is 0.286. The summed E-state index contributed by atoms with van der Waals surface area (Å²) in [5.41, 5.74) is -0.688. The minimum atomic E-state index is -4.33. The number of imidazole rings is 1. The molecule has 0 saturated heterocycles. The van der Waals surface area contributed by atoms with Crippen molar-refractivity contribution in [3.05, 3.63) is 17.4 Å². The van der Waals surface area contributed by atoms with Crippen LogP contribution in [0, 0.1) is 0 Å². The van der Waals surface area contributed by atoms with Gasteiger partial charge in [0.05, 0.1) is 0 Å². The maximum atomic E-state index is 12.4. The van der Waals surface area contributed by atoms with E-state index in [0.717, 1.165) is 21.1 Å². The first-order valence-corrected chi connectivity index (χ1v) is 4.61. The van der Waals surface area contributed by atoms with Crippen LogP contribution in [0.1, 0.15) is 5.69 Å². The van der Waals surface area contributed by atoms with Gasteiger partial charge < -0.3 is 5.32 Å². The number of hydrogen-bond donors (Lipinski definition) is 1. The topological polar surface area (TPSA) is 29.3 Å². The Labute approximate surface area is 81.2 Å². The van der Waals surface area contributed by atoms with Gasteiger partial charge in [-0.2, -0.15) is 13.2 Å². The number of halogens is 3. The maximum absolute atomic E-state index is 12.4. The van der Waals surface area contributed by atoms with E-state index in [1.54, 1.807) is 7.05 Å². The Hall–Kier alpha value is -1.24. The van der Waals surface area contributed by atoms with Gasteiger partial charge in [0.1, 0.15) is 16.9 Å². The van der Waals surface area contributed by atoms with Crippen molar-refractivity contribution in [3.8, 4) is 0 Å². The van der Waals surface area contributed by atoms with Crippen molar-refractivity contribution in [1.82, 2.24) is 9.38 Å². The number of anilines is 1. The van der Waals surface area contributed by atoms with Crippen molar-refractivity contribution in [2.45, 2.75) is 6.18 Å². The first-order valence-electron chi connectivity index (χ1n) is 3.73. The molecule has 0 saturated carbocycles. The minimum Gasteiger partial charge on any atom is -0.371 e. The Morgan fingerprint density at radius 3 is 2.79 bits per heavy atom. The molecule has 0 radical (unpaired) electrons. The van der Waals surface area contributed by atoms with Gasteiger partial charge in [0.25, 0.3) is 0 Å². The zero-order valence-corrected chi connectivity index (χ0v) is 7.91. The summed E-state index contributed by atoms with van der Waals surface area (Å²) in [5, 5.41) is 3.81. The fourth-order valence-corrected chi connectivity index (χ4v) is 2.16. The van der Waals surface area contributed by atoms with E-state index in [1.165, 1.54) is 6.33 Å². The maximum Gasteiger partial charge on any atom is 0.432 e. The predicted molar refractivity (Wildman–Crippen MR) is 47.6 cm³/mol. The molecule has 0 aliphatic heterocycles. The summed E-state index contributed by atoms with van der Waals surface area (Å²) in [5.74, 6) is 0.463. The van der Waals surface area contributed by atoms with Crippen molar-refractivity contribution in [1.29, 1.82) is 0 Å². The van der Waals surface area contributed by atoms with E-state index in [0.29, 0.717) is 10.6 Å². The predicted octanol–water partition coefficient (Wildman–Crippen LogP) is 2.46. The van der Waals surface area contributed by atoms with Crippen LogP contribution in [0.2, 0.25) is 0 Å². The largest absolute Gasteiger partial charge is 0.432 e. The van der Waals surface area contributed by atoms with Gasteiger partial charge in [0, 0.05) is 12.4 Å². The number of alkyl halides is 3. The third kappa shape index (κ3) is 1.24.